The van der Waals surface area contributed by atoms with E-state index in [1.165, 1.54) is 20.7 Å². The maximum atomic E-state index is 11.4. The van der Waals surface area contributed by atoms with Crippen molar-refractivity contribution in [2.45, 2.75) is 12.3 Å². The number of carbonyl (C=O) groups is 1. The predicted octanol–water partition coefficient (Wildman–Crippen LogP) is 5.09. The van der Waals surface area contributed by atoms with Crippen molar-refractivity contribution in [3.63, 3.8) is 0 Å². The summed E-state index contributed by atoms with van der Waals surface area (Å²) in [6, 6.07) is 10.0. The molecule has 0 unspecified atom stereocenters. The molecule has 4 rings (SSSR count). The van der Waals surface area contributed by atoms with E-state index in [2.05, 4.69) is 62.5 Å². The molecule has 3 aromatic rings. The van der Waals surface area contributed by atoms with Gasteiger partial charge in [-0.1, -0.05) is 12.1 Å². The Kier molecular flexibility index (Phi) is 5.31. The smallest absolute Gasteiger partial charge is 0.337 e. The fourth-order valence-electron chi connectivity index (χ4n) is 3.27. The average molecular weight is 492 g/mol. The van der Waals surface area contributed by atoms with Crippen molar-refractivity contribution >= 4 is 45.6 Å². The molecule has 27 heavy (non-hydrogen) atoms. The Morgan fingerprint density at radius 1 is 1.33 bits per heavy atom. The van der Waals surface area contributed by atoms with Gasteiger partial charge in [0, 0.05) is 18.7 Å². The molecule has 0 fully saturated rings. The van der Waals surface area contributed by atoms with Crippen LogP contribution in [-0.4, -0.2) is 29.2 Å². The number of anilines is 1. The molecule has 0 aliphatic carbocycles. The van der Waals surface area contributed by atoms with E-state index < -0.39 is 5.97 Å². The van der Waals surface area contributed by atoms with Crippen LogP contribution in [0.15, 0.2) is 48.1 Å². The maximum Gasteiger partial charge on any atom is 0.337 e. The number of nitrogens with zero attached hydrogens (tertiary/aromatic N) is 1. The fourth-order valence-corrected chi connectivity index (χ4v) is 4.63. The number of nitrogens with one attached hydrogen (secondary N) is 1. The van der Waals surface area contributed by atoms with Gasteiger partial charge in [-0.3, -0.25) is 4.98 Å². The molecule has 7 heteroatoms. The SMILES string of the molecule is O=C(O)c1ccncc1NC[C@H]1CCOc2cc(-c3csc(I)c3)ccc21. The third-order valence-corrected chi connectivity index (χ3v) is 6.46. The van der Waals surface area contributed by atoms with Gasteiger partial charge >= 0.3 is 5.97 Å². The number of pyridine rings is 1. The molecular weight excluding hydrogens is 475 g/mol. The number of carboxylic acid groups (broad SMARTS) is 1. The van der Waals surface area contributed by atoms with Gasteiger partial charge in [0.2, 0.25) is 0 Å². The summed E-state index contributed by atoms with van der Waals surface area (Å²) in [4.78, 5) is 15.4. The van der Waals surface area contributed by atoms with E-state index in [-0.39, 0.29) is 11.5 Å². The number of fused-ring (bicyclic) bond motifs is 1. The zero-order valence-electron chi connectivity index (χ0n) is 14.3. The number of rotatable bonds is 5. The topological polar surface area (TPSA) is 71.5 Å². The number of ether oxygens (including phenoxy) is 1. The largest absolute Gasteiger partial charge is 0.493 e. The molecule has 2 aromatic heterocycles. The monoisotopic (exact) mass is 492 g/mol. The first-order valence-electron chi connectivity index (χ1n) is 8.54. The van der Waals surface area contributed by atoms with Crippen LogP contribution in [0.5, 0.6) is 5.75 Å². The quantitative estimate of drug-likeness (QED) is 0.486. The van der Waals surface area contributed by atoms with Gasteiger partial charge in [0.25, 0.3) is 0 Å². The Balaban J connectivity index is 1.54. The summed E-state index contributed by atoms with van der Waals surface area (Å²) in [5.41, 5.74) is 4.30. The van der Waals surface area contributed by atoms with Crippen molar-refractivity contribution in [3.8, 4) is 16.9 Å². The molecule has 0 saturated heterocycles. The Hall–Kier alpha value is -2.13. The second-order valence-electron chi connectivity index (χ2n) is 6.33. The van der Waals surface area contributed by atoms with E-state index in [0.717, 1.165) is 23.3 Å². The minimum absolute atomic E-state index is 0.236. The van der Waals surface area contributed by atoms with Crippen molar-refractivity contribution in [2.24, 2.45) is 0 Å². The minimum Gasteiger partial charge on any atom is -0.493 e. The minimum atomic E-state index is -0.956. The maximum absolute atomic E-state index is 11.4. The van der Waals surface area contributed by atoms with Crippen molar-refractivity contribution in [1.29, 1.82) is 0 Å². The van der Waals surface area contributed by atoms with E-state index >= 15 is 0 Å². The first-order chi connectivity index (χ1) is 13.1. The van der Waals surface area contributed by atoms with Crippen molar-refractivity contribution < 1.29 is 14.6 Å². The molecule has 1 aromatic carbocycles. The third kappa shape index (κ3) is 3.93. The fraction of sp³-hybridized carbons (Fsp3) is 0.200. The van der Waals surface area contributed by atoms with Crippen molar-refractivity contribution in [2.75, 3.05) is 18.5 Å². The zero-order valence-corrected chi connectivity index (χ0v) is 17.3. The number of benzene rings is 1. The van der Waals surface area contributed by atoms with E-state index in [1.807, 2.05) is 0 Å². The molecule has 1 atom stereocenters. The molecule has 3 heterocycles. The first-order valence-corrected chi connectivity index (χ1v) is 10.5. The standard InChI is InChI=1S/C20H17IN2O3S/c21-19-8-14(11-27-19)12-1-2-15-13(4-6-26-18(15)7-12)9-23-17-10-22-5-3-16(17)20(24)25/h1-3,5,7-8,10-11,13,23H,4,6,9H2,(H,24,25)/t13-/m1/s1. The molecule has 0 bridgehead atoms. The molecule has 2 N–H and O–H groups in total. The van der Waals surface area contributed by atoms with Gasteiger partial charge in [0.05, 0.1) is 26.9 Å². The molecule has 1 aliphatic rings. The Morgan fingerprint density at radius 3 is 3.00 bits per heavy atom. The number of aromatic nitrogens is 1. The van der Waals surface area contributed by atoms with Crippen molar-refractivity contribution in [1.82, 2.24) is 4.98 Å². The molecule has 5 nitrogen and oxygen atoms in total. The second-order valence-corrected chi connectivity index (χ2v) is 9.14. The number of aromatic carboxylic acids is 1. The summed E-state index contributed by atoms with van der Waals surface area (Å²) < 4.78 is 7.16. The van der Waals surface area contributed by atoms with Crippen LogP contribution in [0.25, 0.3) is 11.1 Å². The second kappa shape index (κ2) is 7.85. The van der Waals surface area contributed by atoms with E-state index in [9.17, 15) is 9.90 Å². The van der Waals surface area contributed by atoms with Crippen LogP contribution in [0.1, 0.15) is 28.3 Å². The Bertz CT molecular complexity index is 989. The van der Waals surface area contributed by atoms with E-state index in [1.54, 1.807) is 17.5 Å². The molecule has 0 radical (unpaired) electrons. The van der Waals surface area contributed by atoms with Crippen LogP contribution in [0.2, 0.25) is 0 Å². The van der Waals surface area contributed by atoms with Gasteiger partial charge in [-0.25, -0.2) is 4.79 Å². The molecule has 138 valence electrons. The van der Waals surface area contributed by atoms with Gasteiger partial charge in [0.15, 0.2) is 0 Å². The highest BCUT2D eigenvalue weighted by atomic mass is 127. The van der Waals surface area contributed by atoms with Crippen LogP contribution in [0.3, 0.4) is 0 Å². The number of hydrogen-bond donors (Lipinski definition) is 2. The van der Waals surface area contributed by atoms with Gasteiger partial charge in [-0.2, -0.15) is 0 Å². The van der Waals surface area contributed by atoms with Crippen LogP contribution >= 0.6 is 33.9 Å². The third-order valence-electron chi connectivity index (χ3n) is 4.67. The van der Waals surface area contributed by atoms with Gasteiger partial charge in [-0.15, -0.1) is 11.3 Å². The summed E-state index contributed by atoms with van der Waals surface area (Å²) >= 11 is 4.06. The Labute approximate surface area is 174 Å². The zero-order chi connectivity index (χ0) is 18.8. The first kappa shape index (κ1) is 18.2. The lowest BCUT2D eigenvalue weighted by Gasteiger charge is -2.27. The molecular formula is C20H17IN2O3S. The number of thiophene rings is 1. The summed E-state index contributed by atoms with van der Waals surface area (Å²) in [5.74, 6) is 0.214. The summed E-state index contributed by atoms with van der Waals surface area (Å²) in [6.45, 7) is 1.29. The average Bonchev–Trinajstić information content (AvgIpc) is 3.12. The van der Waals surface area contributed by atoms with Crippen LogP contribution in [0, 0.1) is 2.88 Å². The van der Waals surface area contributed by atoms with Crippen LogP contribution in [-0.2, 0) is 0 Å². The van der Waals surface area contributed by atoms with E-state index in [4.69, 9.17) is 4.74 Å². The lowest BCUT2D eigenvalue weighted by Crippen LogP contribution is -2.21. The van der Waals surface area contributed by atoms with Crippen molar-refractivity contribution in [3.05, 3.63) is 62.1 Å². The molecule has 1 aliphatic heterocycles. The number of hydrogen-bond acceptors (Lipinski definition) is 5. The number of carboxylic acids is 1. The summed E-state index contributed by atoms with van der Waals surface area (Å²) in [7, 11) is 0. The highest BCUT2D eigenvalue weighted by Gasteiger charge is 2.22. The Morgan fingerprint density at radius 2 is 2.22 bits per heavy atom. The van der Waals surface area contributed by atoms with Gasteiger partial charge in [0.1, 0.15) is 5.75 Å². The van der Waals surface area contributed by atoms with Crippen LogP contribution in [0.4, 0.5) is 5.69 Å². The molecule has 0 amide bonds. The van der Waals surface area contributed by atoms with Gasteiger partial charge < -0.3 is 15.2 Å². The number of halogens is 1. The highest BCUT2D eigenvalue weighted by Crippen LogP contribution is 2.38. The van der Waals surface area contributed by atoms with E-state index in [0.29, 0.717) is 18.8 Å². The molecule has 0 saturated carbocycles. The lowest BCUT2D eigenvalue weighted by atomic mass is 9.91. The predicted molar refractivity (Wildman–Crippen MR) is 115 cm³/mol. The normalized spacial score (nSPS) is 15.7. The molecule has 0 spiro atoms. The summed E-state index contributed by atoms with van der Waals surface area (Å²) in [6.07, 6.45) is 3.94. The summed E-state index contributed by atoms with van der Waals surface area (Å²) in [5, 5.41) is 14.7. The lowest BCUT2D eigenvalue weighted by molar-refractivity contribution is 0.0697. The highest BCUT2D eigenvalue weighted by molar-refractivity contribution is 14.1. The van der Waals surface area contributed by atoms with Gasteiger partial charge in [-0.05, 0) is 69.3 Å². The van der Waals surface area contributed by atoms with Crippen LogP contribution < -0.4 is 10.1 Å².